The number of aromatic nitrogens is 1. The molecule has 2 aliphatic rings. The minimum absolute atomic E-state index is 0.363. The number of nitrogens with zero attached hydrogens (tertiary/aromatic N) is 1. The molecule has 1 aromatic rings. The molecular weight excluding hydrogens is 216 g/mol. The first-order chi connectivity index (χ1) is 8.38. The van der Waals surface area contributed by atoms with Gasteiger partial charge in [-0.15, -0.1) is 0 Å². The lowest BCUT2D eigenvalue weighted by Crippen LogP contribution is -2.31. The van der Waals surface area contributed by atoms with Gasteiger partial charge in [0, 0.05) is 12.8 Å². The van der Waals surface area contributed by atoms with Gasteiger partial charge in [-0.3, -0.25) is 0 Å². The van der Waals surface area contributed by atoms with Crippen molar-refractivity contribution in [2.75, 3.05) is 19.0 Å². The zero-order chi connectivity index (χ0) is 11.7. The average molecular weight is 234 g/mol. The summed E-state index contributed by atoms with van der Waals surface area (Å²) in [4.78, 5) is 4.34. The first-order valence-electron chi connectivity index (χ1n) is 6.25. The van der Waals surface area contributed by atoms with Crippen LogP contribution in [-0.2, 0) is 4.74 Å². The second-order valence-corrected chi connectivity index (χ2v) is 4.77. The van der Waals surface area contributed by atoms with Crippen LogP contribution in [0, 0.1) is 5.92 Å². The molecule has 1 saturated carbocycles. The molecule has 2 atom stereocenters. The summed E-state index contributed by atoms with van der Waals surface area (Å²) in [6.45, 7) is 0.855. The van der Waals surface area contributed by atoms with E-state index in [4.69, 9.17) is 9.47 Å². The fourth-order valence-corrected chi connectivity index (χ4v) is 2.49. The Hall–Kier alpha value is -1.29. The van der Waals surface area contributed by atoms with Gasteiger partial charge >= 0.3 is 0 Å². The molecule has 1 aromatic heterocycles. The summed E-state index contributed by atoms with van der Waals surface area (Å²) in [7, 11) is 1.67. The fraction of sp³-hybridized carbons (Fsp3) is 0.615. The maximum atomic E-state index is 5.80. The van der Waals surface area contributed by atoms with Crippen LogP contribution in [0.4, 0.5) is 5.82 Å². The summed E-state index contributed by atoms with van der Waals surface area (Å²) in [5.41, 5.74) is 0. The van der Waals surface area contributed by atoms with Gasteiger partial charge in [0.05, 0.1) is 19.3 Å². The summed E-state index contributed by atoms with van der Waals surface area (Å²) in [6, 6.07) is 4.19. The molecule has 2 unspecified atom stereocenters. The molecule has 3 rings (SSSR count). The highest BCUT2D eigenvalue weighted by atomic mass is 16.5. The number of hydrogen-bond acceptors (Lipinski definition) is 4. The molecular formula is C13H18N2O2. The lowest BCUT2D eigenvalue weighted by Gasteiger charge is -2.20. The molecule has 0 radical (unpaired) electrons. The number of ether oxygens (including phenoxy) is 2. The van der Waals surface area contributed by atoms with Gasteiger partial charge in [-0.2, -0.15) is 0 Å². The number of hydrogen-bond donors (Lipinski definition) is 1. The third-order valence-electron chi connectivity index (χ3n) is 3.54. The van der Waals surface area contributed by atoms with Gasteiger partial charge < -0.3 is 14.8 Å². The molecule has 0 bridgehead atoms. The van der Waals surface area contributed by atoms with Crippen molar-refractivity contribution in [2.24, 2.45) is 5.92 Å². The van der Waals surface area contributed by atoms with E-state index in [-0.39, 0.29) is 0 Å². The van der Waals surface area contributed by atoms with Crippen molar-refractivity contribution >= 4 is 5.82 Å². The number of methoxy groups -OCH3 is 1. The molecule has 4 heteroatoms. The molecule has 1 saturated heterocycles. The van der Waals surface area contributed by atoms with E-state index in [1.807, 2.05) is 12.1 Å². The molecule has 2 heterocycles. The van der Waals surface area contributed by atoms with Crippen LogP contribution in [0.1, 0.15) is 19.3 Å². The maximum Gasteiger partial charge on any atom is 0.169 e. The molecule has 0 amide bonds. The molecule has 4 nitrogen and oxygen atoms in total. The zero-order valence-electron chi connectivity index (χ0n) is 10.1. The van der Waals surface area contributed by atoms with Crippen LogP contribution in [0.25, 0.3) is 0 Å². The Labute approximate surface area is 101 Å². The first-order valence-corrected chi connectivity index (χ1v) is 6.25. The van der Waals surface area contributed by atoms with Gasteiger partial charge in [0.2, 0.25) is 0 Å². The maximum absolute atomic E-state index is 5.80. The smallest absolute Gasteiger partial charge is 0.169 e. The Balaban J connectivity index is 1.72. The number of nitrogens with one attached hydrogen (secondary N) is 1. The third-order valence-corrected chi connectivity index (χ3v) is 3.54. The van der Waals surface area contributed by atoms with Crippen LogP contribution in [0.3, 0.4) is 0 Å². The third kappa shape index (κ3) is 2.22. The zero-order valence-corrected chi connectivity index (χ0v) is 10.1. The molecule has 0 aromatic carbocycles. The summed E-state index contributed by atoms with van der Waals surface area (Å²) in [5, 5.41) is 3.47. The van der Waals surface area contributed by atoms with Crippen LogP contribution >= 0.6 is 0 Å². The van der Waals surface area contributed by atoms with Crippen molar-refractivity contribution in [3.05, 3.63) is 18.3 Å². The predicted octanol–water partition coefficient (Wildman–Crippen LogP) is 2.07. The summed E-state index contributed by atoms with van der Waals surface area (Å²) >= 11 is 0. The van der Waals surface area contributed by atoms with E-state index in [2.05, 4.69) is 10.3 Å². The van der Waals surface area contributed by atoms with Crippen molar-refractivity contribution in [2.45, 2.75) is 31.4 Å². The fourth-order valence-electron chi connectivity index (χ4n) is 2.49. The Kier molecular flexibility index (Phi) is 2.89. The van der Waals surface area contributed by atoms with E-state index in [1.165, 1.54) is 12.8 Å². The van der Waals surface area contributed by atoms with Crippen LogP contribution in [0.15, 0.2) is 18.3 Å². The predicted molar refractivity (Wildman–Crippen MR) is 65.3 cm³/mol. The van der Waals surface area contributed by atoms with E-state index < -0.39 is 0 Å². The Morgan fingerprint density at radius 3 is 3.06 bits per heavy atom. The number of anilines is 1. The highest BCUT2D eigenvalue weighted by Gasteiger charge is 2.40. The molecule has 1 N–H and O–H groups in total. The summed E-state index contributed by atoms with van der Waals surface area (Å²) in [6.07, 6.45) is 5.82. The van der Waals surface area contributed by atoms with Crippen LogP contribution in [0.2, 0.25) is 0 Å². The molecule has 92 valence electrons. The monoisotopic (exact) mass is 234 g/mol. The van der Waals surface area contributed by atoms with Crippen molar-refractivity contribution in [1.82, 2.24) is 4.98 Å². The average Bonchev–Trinajstić information content (AvgIpc) is 3.11. The van der Waals surface area contributed by atoms with Gasteiger partial charge in [-0.1, -0.05) is 0 Å². The second-order valence-electron chi connectivity index (χ2n) is 4.77. The van der Waals surface area contributed by atoms with Crippen molar-refractivity contribution in [3.8, 4) is 5.75 Å². The Morgan fingerprint density at radius 1 is 1.41 bits per heavy atom. The largest absolute Gasteiger partial charge is 0.493 e. The van der Waals surface area contributed by atoms with Gasteiger partial charge in [0.15, 0.2) is 11.6 Å². The number of pyridine rings is 1. The van der Waals surface area contributed by atoms with E-state index in [0.717, 1.165) is 30.5 Å². The van der Waals surface area contributed by atoms with E-state index in [9.17, 15) is 0 Å². The Morgan fingerprint density at radius 2 is 2.29 bits per heavy atom. The molecule has 17 heavy (non-hydrogen) atoms. The van der Waals surface area contributed by atoms with Crippen LogP contribution in [-0.4, -0.2) is 30.8 Å². The Bertz CT molecular complexity index is 393. The molecule has 1 aliphatic heterocycles. The van der Waals surface area contributed by atoms with Gasteiger partial charge in [0.25, 0.3) is 0 Å². The standard InChI is InChI=1S/C13H18N2O2/c1-16-11-3-2-7-14-13(11)15-10-6-8-17-12(10)9-4-5-9/h2-3,7,9-10,12H,4-6,8H2,1H3,(H,14,15). The summed E-state index contributed by atoms with van der Waals surface area (Å²) < 4.78 is 11.1. The SMILES string of the molecule is COc1cccnc1NC1CCOC1C1CC1. The highest BCUT2D eigenvalue weighted by molar-refractivity contribution is 5.50. The molecule has 1 aliphatic carbocycles. The highest BCUT2D eigenvalue weighted by Crippen LogP contribution is 2.40. The quantitative estimate of drug-likeness (QED) is 0.866. The van der Waals surface area contributed by atoms with Crippen molar-refractivity contribution < 1.29 is 9.47 Å². The summed E-state index contributed by atoms with van der Waals surface area (Å²) in [5.74, 6) is 2.38. The van der Waals surface area contributed by atoms with E-state index >= 15 is 0 Å². The topological polar surface area (TPSA) is 43.4 Å². The van der Waals surface area contributed by atoms with Crippen molar-refractivity contribution in [1.29, 1.82) is 0 Å². The molecule has 0 spiro atoms. The van der Waals surface area contributed by atoms with Gasteiger partial charge in [-0.05, 0) is 37.3 Å². The normalized spacial score (nSPS) is 28.1. The second kappa shape index (κ2) is 4.53. The van der Waals surface area contributed by atoms with E-state index in [1.54, 1.807) is 13.3 Å². The lowest BCUT2D eigenvalue weighted by molar-refractivity contribution is 0.0898. The van der Waals surface area contributed by atoms with Gasteiger partial charge in [0.1, 0.15) is 0 Å². The van der Waals surface area contributed by atoms with E-state index in [0.29, 0.717) is 12.1 Å². The van der Waals surface area contributed by atoms with Crippen LogP contribution < -0.4 is 10.1 Å². The molecule has 2 fully saturated rings. The number of rotatable bonds is 4. The van der Waals surface area contributed by atoms with Crippen molar-refractivity contribution in [3.63, 3.8) is 0 Å². The van der Waals surface area contributed by atoms with Gasteiger partial charge in [-0.25, -0.2) is 4.98 Å². The minimum Gasteiger partial charge on any atom is -0.493 e. The lowest BCUT2D eigenvalue weighted by atomic mass is 10.1. The first kappa shape index (κ1) is 10.8. The minimum atomic E-state index is 0.363. The van der Waals surface area contributed by atoms with Crippen LogP contribution in [0.5, 0.6) is 5.75 Å².